The van der Waals surface area contributed by atoms with Crippen LogP contribution in [-0.2, 0) is 6.42 Å². The van der Waals surface area contributed by atoms with Crippen molar-refractivity contribution in [3.63, 3.8) is 0 Å². The summed E-state index contributed by atoms with van der Waals surface area (Å²) in [7, 11) is 4.32. The molecule has 0 aromatic heterocycles. The lowest BCUT2D eigenvalue weighted by molar-refractivity contribution is 0.299. The minimum Gasteiger partial charge on any atom is -0.302 e. The maximum atomic E-state index is 2.31. The van der Waals surface area contributed by atoms with Crippen molar-refractivity contribution in [2.24, 2.45) is 0 Å². The Bertz CT molecular complexity index is 278. The van der Waals surface area contributed by atoms with Gasteiger partial charge >= 0.3 is 0 Å². The highest BCUT2D eigenvalue weighted by molar-refractivity contribution is 5.34. The zero-order chi connectivity index (χ0) is 8.55. The third-order valence-corrected chi connectivity index (χ3v) is 2.72. The van der Waals surface area contributed by atoms with Gasteiger partial charge in [0, 0.05) is 6.04 Å². The van der Waals surface area contributed by atoms with E-state index in [2.05, 4.69) is 43.3 Å². The summed E-state index contributed by atoms with van der Waals surface area (Å²) in [6, 6.07) is 9.44. The maximum absolute atomic E-state index is 2.31. The fourth-order valence-electron chi connectivity index (χ4n) is 2.07. The van der Waals surface area contributed by atoms with Gasteiger partial charge in [-0.25, -0.2) is 0 Å². The molecule has 12 heavy (non-hydrogen) atoms. The first-order chi connectivity index (χ1) is 5.79. The summed E-state index contributed by atoms with van der Waals surface area (Å²) < 4.78 is 0. The van der Waals surface area contributed by atoms with Gasteiger partial charge in [0.1, 0.15) is 0 Å². The van der Waals surface area contributed by atoms with Crippen LogP contribution in [0.2, 0.25) is 0 Å². The van der Waals surface area contributed by atoms with Gasteiger partial charge in [-0.1, -0.05) is 24.3 Å². The Balaban J connectivity index is 2.36. The molecule has 64 valence electrons. The van der Waals surface area contributed by atoms with Crippen molar-refractivity contribution in [3.05, 3.63) is 35.4 Å². The highest BCUT2D eigenvalue weighted by Crippen LogP contribution is 2.33. The molecular weight excluding hydrogens is 146 g/mol. The molecule has 1 heteroatoms. The molecular formula is C11H15N. The number of hydrogen-bond acceptors (Lipinski definition) is 1. The van der Waals surface area contributed by atoms with Crippen molar-refractivity contribution in [2.45, 2.75) is 18.9 Å². The van der Waals surface area contributed by atoms with E-state index in [1.807, 2.05) is 0 Å². The Morgan fingerprint density at radius 3 is 2.75 bits per heavy atom. The molecule has 0 amide bonds. The minimum atomic E-state index is 0.654. The van der Waals surface area contributed by atoms with Crippen LogP contribution in [0, 0.1) is 0 Å². The van der Waals surface area contributed by atoms with Gasteiger partial charge in [-0.05, 0) is 38.1 Å². The van der Waals surface area contributed by atoms with Crippen LogP contribution in [0.15, 0.2) is 24.3 Å². The summed E-state index contributed by atoms with van der Waals surface area (Å²) in [6.45, 7) is 0. The number of nitrogens with zero attached hydrogens (tertiary/aromatic N) is 1. The lowest BCUT2D eigenvalue weighted by Crippen LogP contribution is -2.17. The van der Waals surface area contributed by atoms with Gasteiger partial charge in [-0.3, -0.25) is 0 Å². The molecule has 0 saturated heterocycles. The molecule has 0 spiro atoms. The van der Waals surface area contributed by atoms with Gasteiger partial charge in [0.2, 0.25) is 0 Å². The normalized spacial score (nSPS) is 21.4. The average molecular weight is 161 g/mol. The first-order valence-electron chi connectivity index (χ1n) is 4.53. The van der Waals surface area contributed by atoms with E-state index in [1.54, 1.807) is 0 Å². The van der Waals surface area contributed by atoms with Crippen molar-refractivity contribution in [1.82, 2.24) is 4.90 Å². The van der Waals surface area contributed by atoms with Gasteiger partial charge in [-0.15, -0.1) is 0 Å². The van der Waals surface area contributed by atoms with Gasteiger partial charge in [0.15, 0.2) is 0 Å². The number of hydrogen-bond donors (Lipinski definition) is 0. The van der Waals surface area contributed by atoms with Crippen molar-refractivity contribution in [2.75, 3.05) is 14.1 Å². The first-order valence-corrected chi connectivity index (χ1v) is 4.53. The standard InChI is InChI=1S/C11H15N/c1-12(2)11-8-7-9-5-3-4-6-10(9)11/h3-6,11H,7-8H2,1-2H3/t11-/m0/s1. The molecule has 0 saturated carbocycles. The van der Waals surface area contributed by atoms with Gasteiger partial charge < -0.3 is 4.90 Å². The van der Waals surface area contributed by atoms with E-state index in [9.17, 15) is 0 Å². The van der Waals surface area contributed by atoms with Crippen LogP contribution in [0.3, 0.4) is 0 Å². The number of fused-ring (bicyclic) bond motifs is 1. The smallest absolute Gasteiger partial charge is 0.0347 e. The largest absolute Gasteiger partial charge is 0.302 e. The number of rotatable bonds is 1. The Morgan fingerprint density at radius 1 is 1.25 bits per heavy atom. The molecule has 0 fully saturated rings. The zero-order valence-electron chi connectivity index (χ0n) is 7.75. The van der Waals surface area contributed by atoms with E-state index in [4.69, 9.17) is 0 Å². The van der Waals surface area contributed by atoms with E-state index in [-0.39, 0.29) is 0 Å². The third-order valence-electron chi connectivity index (χ3n) is 2.72. The molecule has 2 rings (SSSR count). The van der Waals surface area contributed by atoms with E-state index < -0.39 is 0 Å². The maximum Gasteiger partial charge on any atom is 0.0347 e. The fraction of sp³-hybridized carbons (Fsp3) is 0.455. The molecule has 0 N–H and O–H groups in total. The molecule has 1 aliphatic carbocycles. The van der Waals surface area contributed by atoms with Crippen LogP contribution in [0.5, 0.6) is 0 Å². The quantitative estimate of drug-likeness (QED) is 0.610. The molecule has 0 radical (unpaired) electrons. The molecule has 1 nitrogen and oxygen atoms in total. The second-order valence-electron chi connectivity index (χ2n) is 3.72. The predicted octanol–water partition coefficient (Wildman–Crippen LogP) is 2.24. The summed E-state index contributed by atoms with van der Waals surface area (Å²) in [4.78, 5) is 2.31. The SMILES string of the molecule is CN(C)[C@H]1CCc2ccccc21. The summed E-state index contributed by atoms with van der Waals surface area (Å²) in [5, 5.41) is 0. The van der Waals surface area contributed by atoms with Crippen LogP contribution in [0.25, 0.3) is 0 Å². The lowest BCUT2D eigenvalue weighted by Gasteiger charge is -2.19. The van der Waals surface area contributed by atoms with Crippen molar-refractivity contribution in [1.29, 1.82) is 0 Å². The van der Waals surface area contributed by atoms with Crippen molar-refractivity contribution in [3.8, 4) is 0 Å². The van der Waals surface area contributed by atoms with Crippen LogP contribution in [0.4, 0.5) is 0 Å². The van der Waals surface area contributed by atoms with Gasteiger partial charge in [0.05, 0.1) is 0 Å². The molecule has 0 bridgehead atoms. The van der Waals surface area contributed by atoms with Crippen LogP contribution in [0.1, 0.15) is 23.6 Å². The van der Waals surface area contributed by atoms with Crippen LogP contribution in [-0.4, -0.2) is 19.0 Å². The van der Waals surface area contributed by atoms with Crippen LogP contribution < -0.4 is 0 Å². The molecule has 0 heterocycles. The monoisotopic (exact) mass is 161 g/mol. The fourth-order valence-corrected chi connectivity index (χ4v) is 2.07. The van der Waals surface area contributed by atoms with E-state index >= 15 is 0 Å². The Kier molecular flexibility index (Phi) is 1.89. The Labute approximate surface area is 74.0 Å². The number of benzene rings is 1. The molecule has 1 aliphatic rings. The van der Waals surface area contributed by atoms with E-state index in [0.29, 0.717) is 6.04 Å². The Hall–Kier alpha value is -0.820. The molecule has 0 aliphatic heterocycles. The zero-order valence-corrected chi connectivity index (χ0v) is 7.75. The topological polar surface area (TPSA) is 3.24 Å². The summed E-state index contributed by atoms with van der Waals surface area (Å²) in [5.41, 5.74) is 3.07. The van der Waals surface area contributed by atoms with E-state index in [1.165, 1.54) is 24.0 Å². The summed E-state index contributed by atoms with van der Waals surface area (Å²) in [6.07, 6.45) is 2.53. The molecule has 0 unspecified atom stereocenters. The molecule has 1 atom stereocenters. The Morgan fingerprint density at radius 2 is 2.00 bits per heavy atom. The molecule has 1 aromatic rings. The van der Waals surface area contributed by atoms with Crippen molar-refractivity contribution < 1.29 is 0 Å². The van der Waals surface area contributed by atoms with E-state index in [0.717, 1.165) is 0 Å². The van der Waals surface area contributed by atoms with Crippen molar-refractivity contribution >= 4 is 0 Å². The first kappa shape index (κ1) is 7.81. The van der Waals surface area contributed by atoms with Gasteiger partial charge in [-0.2, -0.15) is 0 Å². The lowest BCUT2D eigenvalue weighted by atomic mass is 10.1. The second kappa shape index (κ2) is 2.91. The highest BCUT2D eigenvalue weighted by Gasteiger charge is 2.22. The number of aryl methyl sites for hydroxylation is 1. The molecule has 1 aromatic carbocycles. The van der Waals surface area contributed by atoms with Crippen LogP contribution >= 0.6 is 0 Å². The third kappa shape index (κ3) is 1.14. The average Bonchev–Trinajstić information content (AvgIpc) is 2.47. The summed E-state index contributed by atoms with van der Waals surface area (Å²) in [5.74, 6) is 0. The summed E-state index contributed by atoms with van der Waals surface area (Å²) >= 11 is 0. The second-order valence-corrected chi connectivity index (χ2v) is 3.72. The predicted molar refractivity (Wildman–Crippen MR) is 51.2 cm³/mol. The highest BCUT2D eigenvalue weighted by atomic mass is 15.1. The minimum absolute atomic E-state index is 0.654. The van der Waals surface area contributed by atoms with Gasteiger partial charge in [0.25, 0.3) is 0 Å².